The number of carbonyl (C=O) groups excluding carboxylic acids is 1. The van der Waals surface area contributed by atoms with Crippen LogP contribution in [0.15, 0.2) is 42.5 Å². The first-order valence-corrected chi connectivity index (χ1v) is 8.48. The highest BCUT2D eigenvalue weighted by Crippen LogP contribution is 2.29. The molecule has 0 radical (unpaired) electrons. The molecule has 128 valence electrons. The van der Waals surface area contributed by atoms with Crippen molar-refractivity contribution in [1.29, 1.82) is 0 Å². The molecule has 1 aliphatic heterocycles. The van der Waals surface area contributed by atoms with Crippen molar-refractivity contribution in [3.63, 3.8) is 0 Å². The smallest absolute Gasteiger partial charge is 0.309 e. The van der Waals surface area contributed by atoms with Crippen LogP contribution in [0.1, 0.15) is 25.8 Å². The van der Waals surface area contributed by atoms with Crippen LogP contribution in [0.25, 0.3) is 10.8 Å². The predicted molar refractivity (Wildman–Crippen MR) is 92.4 cm³/mol. The Kier molecular flexibility index (Phi) is 5.17. The second kappa shape index (κ2) is 7.32. The van der Waals surface area contributed by atoms with E-state index in [0.717, 1.165) is 5.56 Å². The lowest BCUT2D eigenvalue weighted by Crippen LogP contribution is -2.30. The van der Waals surface area contributed by atoms with Gasteiger partial charge in [-0.25, -0.2) is 0 Å². The van der Waals surface area contributed by atoms with Crippen LogP contribution < -0.4 is 0 Å². The Morgan fingerprint density at radius 1 is 1.21 bits per heavy atom. The van der Waals surface area contributed by atoms with Crippen LogP contribution in [0.2, 0.25) is 0 Å². The van der Waals surface area contributed by atoms with E-state index in [1.165, 1.54) is 10.8 Å². The van der Waals surface area contributed by atoms with Crippen molar-refractivity contribution < 1.29 is 19.4 Å². The van der Waals surface area contributed by atoms with E-state index in [4.69, 9.17) is 9.47 Å². The summed E-state index contributed by atoms with van der Waals surface area (Å²) in [5.41, 5.74) is 1.06. The van der Waals surface area contributed by atoms with Crippen LogP contribution in [0, 0.1) is 11.8 Å². The monoisotopic (exact) mass is 328 g/mol. The van der Waals surface area contributed by atoms with Gasteiger partial charge in [-0.3, -0.25) is 4.79 Å². The summed E-state index contributed by atoms with van der Waals surface area (Å²) in [4.78, 5) is 11.8. The molecule has 24 heavy (non-hydrogen) atoms. The molecule has 1 aliphatic rings. The zero-order chi connectivity index (χ0) is 17.1. The molecule has 0 saturated carbocycles. The number of rotatable bonds is 6. The first-order valence-electron chi connectivity index (χ1n) is 8.48. The van der Waals surface area contributed by atoms with Crippen LogP contribution in [0.5, 0.6) is 0 Å². The van der Waals surface area contributed by atoms with E-state index in [1.807, 2.05) is 32.0 Å². The second-order valence-corrected chi connectivity index (χ2v) is 6.83. The first-order chi connectivity index (χ1) is 11.5. The van der Waals surface area contributed by atoms with Crippen molar-refractivity contribution in [3.8, 4) is 0 Å². The standard InChI is InChI=1S/C20H24O4/c1-13(2)17-10-19(24-20(17)22)18(21)12-23-11-14-7-8-15-5-3-4-6-16(15)9-14/h3-9,13,17-19,21H,10-12H2,1-2H3. The molecule has 0 aromatic heterocycles. The zero-order valence-corrected chi connectivity index (χ0v) is 14.1. The Balaban J connectivity index is 1.51. The van der Waals surface area contributed by atoms with Gasteiger partial charge >= 0.3 is 5.97 Å². The van der Waals surface area contributed by atoms with Crippen LogP contribution >= 0.6 is 0 Å². The largest absolute Gasteiger partial charge is 0.459 e. The Bertz CT molecular complexity index is 710. The molecule has 1 heterocycles. The van der Waals surface area contributed by atoms with Crippen LogP contribution in [0.3, 0.4) is 0 Å². The number of aliphatic hydroxyl groups is 1. The lowest BCUT2D eigenvalue weighted by Gasteiger charge is -2.17. The SMILES string of the molecule is CC(C)C1CC(C(O)COCc2ccc3ccccc3c2)OC1=O. The number of fused-ring (bicyclic) bond motifs is 1. The maximum absolute atomic E-state index is 11.8. The van der Waals surface area contributed by atoms with Gasteiger partial charge in [0.25, 0.3) is 0 Å². The van der Waals surface area contributed by atoms with Gasteiger partial charge in [-0.05, 0) is 28.3 Å². The molecule has 3 atom stereocenters. The second-order valence-electron chi connectivity index (χ2n) is 6.83. The van der Waals surface area contributed by atoms with Gasteiger partial charge in [0, 0.05) is 6.42 Å². The van der Waals surface area contributed by atoms with E-state index in [-0.39, 0.29) is 24.4 Å². The molecule has 0 bridgehead atoms. The number of carbonyl (C=O) groups is 1. The van der Waals surface area contributed by atoms with E-state index in [0.29, 0.717) is 13.0 Å². The van der Waals surface area contributed by atoms with Crippen molar-refractivity contribution in [1.82, 2.24) is 0 Å². The van der Waals surface area contributed by atoms with Gasteiger partial charge in [0.15, 0.2) is 0 Å². The molecule has 1 N–H and O–H groups in total. The molecule has 0 amide bonds. The molecule has 1 saturated heterocycles. The van der Waals surface area contributed by atoms with Crippen LogP contribution in [-0.4, -0.2) is 29.9 Å². The maximum Gasteiger partial charge on any atom is 0.309 e. The summed E-state index contributed by atoms with van der Waals surface area (Å²) in [7, 11) is 0. The Morgan fingerprint density at radius 3 is 2.67 bits per heavy atom. The predicted octanol–water partition coefficient (Wildman–Crippen LogP) is 3.31. The van der Waals surface area contributed by atoms with Crippen molar-refractivity contribution in [2.75, 3.05) is 6.61 Å². The molecule has 3 rings (SSSR count). The van der Waals surface area contributed by atoms with Crippen molar-refractivity contribution in [2.45, 2.75) is 39.1 Å². The van der Waals surface area contributed by atoms with Crippen LogP contribution in [-0.2, 0) is 20.9 Å². The van der Waals surface area contributed by atoms with Crippen LogP contribution in [0.4, 0.5) is 0 Å². The van der Waals surface area contributed by atoms with E-state index < -0.39 is 12.2 Å². The fourth-order valence-electron chi connectivity index (χ4n) is 3.14. The average Bonchev–Trinajstić information content (AvgIpc) is 2.97. The molecule has 0 aliphatic carbocycles. The summed E-state index contributed by atoms with van der Waals surface area (Å²) in [5.74, 6) is -0.0954. The highest BCUT2D eigenvalue weighted by Gasteiger charge is 2.39. The van der Waals surface area contributed by atoms with Gasteiger partial charge in [0.05, 0.1) is 19.1 Å². The van der Waals surface area contributed by atoms with E-state index in [9.17, 15) is 9.90 Å². The molecule has 1 fully saturated rings. The van der Waals surface area contributed by atoms with Gasteiger partial charge in [-0.15, -0.1) is 0 Å². The first kappa shape index (κ1) is 16.9. The summed E-state index contributed by atoms with van der Waals surface area (Å²) in [5, 5.41) is 12.6. The van der Waals surface area contributed by atoms with Gasteiger partial charge in [-0.1, -0.05) is 50.2 Å². The summed E-state index contributed by atoms with van der Waals surface area (Å²) < 4.78 is 10.9. The van der Waals surface area contributed by atoms with Crippen molar-refractivity contribution >= 4 is 16.7 Å². The lowest BCUT2D eigenvalue weighted by atomic mass is 9.91. The number of cyclic esters (lactones) is 1. The quantitative estimate of drug-likeness (QED) is 0.827. The third kappa shape index (κ3) is 3.77. The van der Waals surface area contributed by atoms with E-state index in [2.05, 4.69) is 24.3 Å². The number of hydrogen-bond donors (Lipinski definition) is 1. The third-order valence-corrected chi connectivity index (χ3v) is 4.66. The van der Waals surface area contributed by atoms with Gasteiger partial charge in [0.1, 0.15) is 12.2 Å². The maximum atomic E-state index is 11.8. The summed E-state index contributed by atoms with van der Waals surface area (Å²) >= 11 is 0. The minimum Gasteiger partial charge on any atom is -0.459 e. The summed E-state index contributed by atoms with van der Waals surface area (Å²) in [6, 6.07) is 14.3. The minimum absolute atomic E-state index is 0.120. The molecule has 2 aromatic carbocycles. The zero-order valence-electron chi connectivity index (χ0n) is 14.1. The molecule has 2 aromatic rings. The van der Waals surface area contributed by atoms with E-state index >= 15 is 0 Å². The topological polar surface area (TPSA) is 55.8 Å². The number of ether oxygens (including phenoxy) is 2. The molecule has 4 heteroatoms. The van der Waals surface area contributed by atoms with Crippen molar-refractivity contribution in [2.24, 2.45) is 11.8 Å². The highest BCUT2D eigenvalue weighted by molar-refractivity contribution is 5.82. The molecular weight excluding hydrogens is 304 g/mol. The molecule has 4 nitrogen and oxygen atoms in total. The fraction of sp³-hybridized carbons (Fsp3) is 0.450. The normalized spacial score (nSPS) is 22.1. The van der Waals surface area contributed by atoms with E-state index in [1.54, 1.807) is 0 Å². The fourth-order valence-corrected chi connectivity index (χ4v) is 3.14. The third-order valence-electron chi connectivity index (χ3n) is 4.66. The van der Waals surface area contributed by atoms with Gasteiger partial charge in [0.2, 0.25) is 0 Å². The number of hydrogen-bond acceptors (Lipinski definition) is 4. The molecular formula is C20H24O4. The lowest BCUT2D eigenvalue weighted by molar-refractivity contribution is -0.150. The number of benzene rings is 2. The van der Waals surface area contributed by atoms with Gasteiger partial charge in [-0.2, -0.15) is 0 Å². The van der Waals surface area contributed by atoms with Gasteiger partial charge < -0.3 is 14.6 Å². The Labute approximate surface area is 142 Å². The molecule has 3 unspecified atom stereocenters. The Hall–Kier alpha value is -1.91. The summed E-state index contributed by atoms with van der Waals surface area (Å²) in [6.07, 6.45) is -0.670. The highest BCUT2D eigenvalue weighted by atomic mass is 16.6. The average molecular weight is 328 g/mol. The summed E-state index contributed by atoms with van der Waals surface area (Å²) in [6.45, 7) is 4.58. The number of aliphatic hydroxyl groups excluding tert-OH is 1. The molecule has 0 spiro atoms. The Morgan fingerprint density at radius 2 is 1.96 bits per heavy atom. The number of esters is 1. The minimum atomic E-state index is -0.779. The van der Waals surface area contributed by atoms with Crippen molar-refractivity contribution in [3.05, 3.63) is 48.0 Å².